The van der Waals surface area contributed by atoms with Gasteiger partial charge in [0, 0.05) is 22.8 Å². The standard InChI is InChI=1S/C10H13N3S2/c1-7(9-4-14-5-13-9)11-3-10-8(2)12-6-15-10/h4-7,11H,3H2,1-2H3. The molecule has 0 aliphatic rings. The molecule has 0 aliphatic carbocycles. The normalized spacial score (nSPS) is 12.9. The molecule has 2 heterocycles. The van der Waals surface area contributed by atoms with E-state index in [4.69, 9.17) is 0 Å². The van der Waals surface area contributed by atoms with Gasteiger partial charge in [-0.05, 0) is 13.8 Å². The predicted octanol–water partition coefficient (Wildman–Crippen LogP) is 2.76. The Balaban J connectivity index is 1.91. The van der Waals surface area contributed by atoms with Crippen molar-refractivity contribution in [2.24, 2.45) is 0 Å². The quantitative estimate of drug-likeness (QED) is 0.891. The van der Waals surface area contributed by atoms with E-state index in [2.05, 4.69) is 27.6 Å². The van der Waals surface area contributed by atoms with Gasteiger partial charge in [-0.15, -0.1) is 22.7 Å². The van der Waals surface area contributed by atoms with Crippen LogP contribution >= 0.6 is 22.7 Å². The average molecular weight is 239 g/mol. The molecular weight excluding hydrogens is 226 g/mol. The molecule has 2 aromatic rings. The lowest BCUT2D eigenvalue weighted by atomic mass is 10.2. The summed E-state index contributed by atoms with van der Waals surface area (Å²) in [6.07, 6.45) is 0. The third kappa shape index (κ3) is 2.62. The zero-order chi connectivity index (χ0) is 10.7. The van der Waals surface area contributed by atoms with E-state index in [1.807, 2.05) is 17.9 Å². The molecule has 1 unspecified atom stereocenters. The Morgan fingerprint density at radius 3 is 2.87 bits per heavy atom. The maximum Gasteiger partial charge on any atom is 0.0798 e. The van der Waals surface area contributed by atoms with Gasteiger partial charge >= 0.3 is 0 Å². The zero-order valence-corrected chi connectivity index (χ0v) is 10.4. The van der Waals surface area contributed by atoms with Crippen molar-refractivity contribution in [3.63, 3.8) is 0 Å². The summed E-state index contributed by atoms with van der Waals surface area (Å²) >= 11 is 3.33. The van der Waals surface area contributed by atoms with Crippen molar-refractivity contribution >= 4 is 22.7 Å². The lowest BCUT2D eigenvalue weighted by Gasteiger charge is -2.10. The Bertz CT molecular complexity index is 408. The number of nitrogens with zero attached hydrogens (tertiary/aromatic N) is 2. The fraction of sp³-hybridized carbons (Fsp3) is 0.400. The number of aryl methyl sites for hydroxylation is 1. The Hall–Kier alpha value is -0.780. The maximum absolute atomic E-state index is 4.28. The molecule has 80 valence electrons. The van der Waals surface area contributed by atoms with Crippen molar-refractivity contribution in [1.29, 1.82) is 0 Å². The first kappa shape index (κ1) is 10.7. The van der Waals surface area contributed by atoms with E-state index >= 15 is 0 Å². The first-order valence-corrected chi connectivity index (χ1v) is 6.60. The van der Waals surface area contributed by atoms with Gasteiger partial charge in [0.25, 0.3) is 0 Å². The summed E-state index contributed by atoms with van der Waals surface area (Å²) < 4.78 is 0. The lowest BCUT2D eigenvalue weighted by Crippen LogP contribution is -2.18. The van der Waals surface area contributed by atoms with Gasteiger partial charge < -0.3 is 5.32 Å². The molecule has 0 aromatic carbocycles. The molecule has 1 N–H and O–H groups in total. The van der Waals surface area contributed by atoms with E-state index in [0.717, 1.165) is 17.9 Å². The van der Waals surface area contributed by atoms with Gasteiger partial charge in [0.05, 0.1) is 22.4 Å². The summed E-state index contributed by atoms with van der Waals surface area (Å²) in [5, 5.41) is 5.52. The van der Waals surface area contributed by atoms with Crippen LogP contribution in [-0.2, 0) is 6.54 Å². The lowest BCUT2D eigenvalue weighted by molar-refractivity contribution is 0.566. The van der Waals surface area contributed by atoms with Crippen molar-refractivity contribution in [2.45, 2.75) is 26.4 Å². The molecule has 0 amide bonds. The topological polar surface area (TPSA) is 37.8 Å². The Morgan fingerprint density at radius 1 is 1.40 bits per heavy atom. The smallest absolute Gasteiger partial charge is 0.0798 e. The largest absolute Gasteiger partial charge is 0.304 e. The summed E-state index contributed by atoms with van der Waals surface area (Å²) in [6.45, 7) is 5.04. The number of hydrogen-bond donors (Lipinski definition) is 1. The van der Waals surface area contributed by atoms with Crippen LogP contribution in [0.2, 0.25) is 0 Å². The van der Waals surface area contributed by atoms with Gasteiger partial charge in [-0.25, -0.2) is 9.97 Å². The third-order valence-corrected chi connectivity index (χ3v) is 3.85. The van der Waals surface area contributed by atoms with Crippen LogP contribution in [0.1, 0.15) is 29.2 Å². The summed E-state index contributed by atoms with van der Waals surface area (Å²) in [5.74, 6) is 0. The molecule has 0 radical (unpaired) electrons. The summed E-state index contributed by atoms with van der Waals surface area (Å²) in [5.41, 5.74) is 5.99. The van der Waals surface area contributed by atoms with E-state index in [0.29, 0.717) is 6.04 Å². The second kappa shape index (κ2) is 4.83. The van der Waals surface area contributed by atoms with Crippen LogP contribution < -0.4 is 5.32 Å². The van der Waals surface area contributed by atoms with Crippen LogP contribution in [0.5, 0.6) is 0 Å². The highest BCUT2D eigenvalue weighted by atomic mass is 32.1. The minimum absolute atomic E-state index is 0.303. The van der Waals surface area contributed by atoms with Crippen LogP contribution in [0.25, 0.3) is 0 Å². The molecule has 15 heavy (non-hydrogen) atoms. The molecule has 0 saturated carbocycles. The molecule has 5 heteroatoms. The highest BCUT2D eigenvalue weighted by Gasteiger charge is 2.08. The van der Waals surface area contributed by atoms with Crippen LogP contribution in [0.3, 0.4) is 0 Å². The van der Waals surface area contributed by atoms with Crippen molar-refractivity contribution < 1.29 is 0 Å². The Kier molecular flexibility index (Phi) is 3.45. The average Bonchev–Trinajstić information content (AvgIpc) is 2.85. The van der Waals surface area contributed by atoms with Gasteiger partial charge in [0.2, 0.25) is 0 Å². The second-order valence-electron chi connectivity index (χ2n) is 3.38. The minimum atomic E-state index is 0.303. The first-order valence-electron chi connectivity index (χ1n) is 4.78. The number of nitrogens with one attached hydrogen (secondary N) is 1. The SMILES string of the molecule is Cc1ncsc1CNC(C)c1cscn1. The third-order valence-electron chi connectivity index (χ3n) is 2.31. The highest BCUT2D eigenvalue weighted by molar-refractivity contribution is 7.09. The van der Waals surface area contributed by atoms with Crippen LogP contribution in [-0.4, -0.2) is 9.97 Å². The Morgan fingerprint density at radius 2 is 2.27 bits per heavy atom. The van der Waals surface area contributed by atoms with Crippen LogP contribution in [0, 0.1) is 6.92 Å². The summed E-state index contributed by atoms with van der Waals surface area (Å²) in [4.78, 5) is 9.81. The van der Waals surface area contributed by atoms with Crippen molar-refractivity contribution in [1.82, 2.24) is 15.3 Å². The molecule has 0 aliphatic heterocycles. The molecule has 0 spiro atoms. The molecule has 0 bridgehead atoms. The number of rotatable bonds is 4. The fourth-order valence-electron chi connectivity index (χ4n) is 1.28. The summed E-state index contributed by atoms with van der Waals surface area (Å²) in [6, 6.07) is 0.303. The molecule has 1 atom stereocenters. The van der Waals surface area contributed by atoms with Gasteiger partial charge in [-0.3, -0.25) is 0 Å². The second-order valence-corrected chi connectivity index (χ2v) is 5.03. The van der Waals surface area contributed by atoms with Gasteiger partial charge in [0.15, 0.2) is 0 Å². The van der Waals surface area contributed by atoms with Crippen molar-refractivity contribution in [3.8, 4) is 0 Å². The predicted molar refractivity (Wildman–Crippen MR) is 64.2 cm³/mol. The number of hydrogen-bond acceptors (Lipinski definition) is 5. The van der Waals surface area contributed by atoms with Gasteiger partial charge in [-0.2, -0.15) is 0 Å². The Labute approximate surface area is 97.2 Å². The van der Waals surface area contributed by atoms with Crippen LogP contribution in [0.15, 0.2) is 16.4 Å². The minimum Gasteiger partial charge on any atom is -0.304 e. The highest BCUT2D eigenvalue weighted by Crippen LogP contribution is 2.16. The van der Waals surface area contributed by atoms with E-state index in [-0.39, 0.29) is 0 Å². The fourth-order valence-corrected chi connectivity index (χ4v) is 2.66. The molecule has 2 aromatic heterocycles. The number of thiazole rings is 2. The van der Waals surface area contributed by atoms with Gasteiger partial charge in [-0.1, -0.05) is 0 Å². The van der Waals surface area contributed by atoms with Crippen molar-refractivity contribution in [3.05, 3.63) is 32.7 Å². The van der Waals surface area contributed by atoms with Crippen LogP contribution in [0.4, 0.5) is 0 Å². The monoisotopic (exact) mass is 239 g/mol. The number of aromatic nitrogens is 2. The molecule has 0 fully saturated rings. The van der Waals surface area contributed by atoms with E-state index < -0.39 is 0 Å². The van der Waals surface area contributed by atoms with Gasteiger partial charge in [0.1, 0.15) is 0 Å². The van der Waals surface area contributed by atoms with E-state index in [1.54, 1.807) is 22.7 Å². The molecule has 0 saturated heterocycles. The van der Waals surface area contributed by atoms with E-state index in [1.165, 1.54) is 4.88 Å². The molecule has 2 rings (SSSR count). The van der Waals surface area contributed by atoms with Crippen molar-refractivity contribution in [2.75, 3.05) is 0 Å². The zero-order valence-electron chi connectivity index (χ0n) is 8.73. The molecule has 3 nitrogen and oxygen atoms in total. The maximum atomic E-state index is 4.28. The van der Waals surface area contributed by atoms with E-state index in [9.17, 15) is 0 Å². The summed E-state index contributed by atoms with van der Waals surface area (Å²) in [7, 11) is 0. The molecular formula is C10H13N3S2. The first-order chi connectivity index (χ1) is 7.27.